The van der Waals surface area contributed by atoms with Gasteiger partial charge in [-0.1, -0.05) is 20.8 Å². The van der Waals surface area contributed by atoms with Crippen molar-refractivity contribution in [2.24, 2.45) is 17.8 Å². The maximum atomic E-state index is 11.0. The van der Waals surface area contributed by atoms with Crippen LogP contribution in [0.5, 0.6) is 0 Å². The highest BCUT2D eigenvalue weighted by Gasteiger charge is 2.28. The molecule has 0 heterocycles. The molecule has 0 spiro atoms. The highest BCUT2D eigenvalue weighted by Crippen LogP contribution is 2.31. The van der Waals surface area contributed by atoms with E-state index in [1.54, 1.807) is 0 Å². The summed E-state index contributed by atoms with van der Waals surface area (Å²) in [5.74, 6) is 2.41. The molecule has 1 rings (SSSR count). The van der Waals surface area contributed by atoms with Gasteiger partial charge in [-0.3, -0.25) is 4.79 Å². The van der Waals surface area contributed by atoms with Crippen molar-refractivity contribution >= 4 is 5.78 Å². The maximum absolute atomic E-state index is 11.0. The van der Waals surface area contributed by atoms with Crippen molar-refractivity contribution in [3.8, 4) is 0 Å². The molecule has 0 radical (unpaired) electrons. The summed E-state index contributed by atoms with van der Waals surface area (Å²) in [4.78, 5) is 11.0. The van der Waals surface area contributed by atoms with Crippen molar-refractivity contribution in [2.45, 2.75) is 33.6 Å². The van der Waals surface area contributed by atoms with Gasteiger partial charge in [0.15, 0.2) is 0 Å². The SMILES string of the molecule is CC1[C@H](C)CC(=O)C[C@H]1C. The number of hydrogen-bond donors (Lipinski definition) is 0. The molecule has 0 aromatic heterocycles. The van der Waals surface area contributed by atoms with Crippen LogP contribution in [0, 0.1) is 17.8 Å². The monoisotopic (exact) mass is 140 g/mol. The molecule has 0 aromatic rings. The molecular formula is C9H16O. The van der Waals surface area contributed by atoms with Gasteiger partial charge in [0.25, 0.3) is 0 Å². The Bertz CT molecular complexity index is 126. The summed E-state index contributed by atoms with van der Waals surface area (Å²) in [6.45, 7) is 6.61. The van der Waals surface area contributed by atoms with E-state index in [4.69, 9.17) is 0 Å². The van der Waals surface area contributed by atoms with E-state index in [-0.39, 0.29) is 0 Å². The fourth-order valence-electron chi connectivity index (χ4n) is 1.73. The summed E-state index contributed by atoms with van der Waals surface area (Å²) in [7, 11) is 0. The first kappa shape index (κ1) is 7.77. The van der Waals surface area contributed by atoms with E-state index in [0.717, 1.165) is 18.8 Å². The van der Waals surface area contributed by atoms with Crippen molar-refractivity contribution in [3.63, 3.8) is 0 Å². The largest absolute Gasteiger partial charge is 0.300 e. The van der Waals surface area contributed by atoms with Crippen molar-refractivity contribution in [2.75, 3.05) is 0 Å². The maximum Gasteiger partial charge on any atom is 0.133 e. The van der Waals surface area contributed by atoms with Gasteiger partial charge in [-0.15, -0.1) is 0 Å². The first-order chi connectivity index (χ1) is 4.61. The van der Waals surface area contributed by atoms with Crippen LogP contribution in [0.1, 0.15) is 33.6 Å². The number of carbonyl (C=O) groups is 1. The van der Waals surface area contributed by atoms with Crippen LogP contribution in [0.25, 0.3) is 0 Å². The van der Waals surface area contributed by atoms with Crippen LogP contribution in [-0.4, -0.2) is 5.78 Å². The summed E-state index contributed by atoms with van der Waals surface area (Å²) in [5.41, 5.74) is 0. The summed E-state index contributed by atoms with van der Waals surface area (Å²) in [5, 5.41) is 0. The Kier molecular flexibility index (Phi) is 2.12. The molecule has 2 atom stereocenters. The zero-order valence-electron chi connectivity index (χ0n) is 7.05. The smallest absolute Gasteiger partial charge is 0.133 e. The Morgan fingerprint density at radius 1 is 1.10 bits per heavy atom. The molecule has 10 heavy (non-hydrogen) atoms. The number of ketones is 1. The van der Waals surface area contributed by atoms with Crippen molar-refractivity contribution < 1.29 is 4.79 Å². The van der Waals surface area contributed by atoms with Crippen LogP contribution < -0.4 is 0 Å². The molecule has 0 unspecified atom stereocenters. The number of carbonyl (C=O) groups excluding carboxylic acids is 1. The summed E-state index contributed by atoms with van der Waals surface area (Å²) in [6.07, 6.45) is 1.62. The lowest BCUT2D eigenvalue weighted by molar-refractivity contribution is -0.123. The third-order valence-electron chi connectivity index (χ3n) is 2.89. The van der Waals surface area contributed by atoms with Crippen LogP contribution in [-0.2, 0) is 4.79 Å². The van der Waals surface area contributed by atoms with E-state index in [1.807, 2.05) is 0 Å². The quantitative estimate of drug-likeness (QED) is 0.504. The summed E-state index contributed by atoms with van der Waals surface area (Å²) < 4.78 is 0. The van der Waals surface area contributed by atoms with Crippen molar-refractivity contribution in [1.29, 1.82) is 0 Å². The fraction of sp³-hybridized carbons (Fsp3) is 0.889. The molecule has 0 aromatic carbocycles. The molecule has 1 nitrogen and oxygen atoms in total. The van der Waals surface area contributed by atoms with Gasteiger partial charge >= 0.3 is 0 Å². The second kappa shape index (κ2) is 2.73. The van der Waals surface area contributed by atoms with Gasteiger partial charge in [0.2, 0.25) is 0 Å². The first-order valence-electron chi connectivity index (χ1n) is 4.13. The molecule has 1 fully saturated rings. The number of Topliss-reactive ketones (excluding diaryl/α,β-unsaturated/α-hetero) is 1. The molecule has 0 N–H and O–H groups in total. The van der Waals surface area contributed by atoms with Gasteiger partial charge in [-0.05, 0) is 17.8 Å². The molecule has 0 amide bonds. The minimum absolute atomic E-state index is 0.457. The Labute approximate surface area is 62.8 Å². The molecule has 0 saturated heterocycles. The first-order valence-corrected chi connectivity index (χ1v) is 4.13. The second-order valence-electron chi connectivity index (χ2n) is 3.76. The van der Waals surface area contributed by atoms with Gasteiger partial charge < -0.3 is 0 Å². The van der Waals surface area contributed by atoms with E-state index >= 15 is 0 Å². The number of hydrogen-bond acceptors (Lipinski definition) is 1. The van der Waals surface area contributed by atoms with Crippen molar-refractivity contribution in [1.82, 2.24) is 0 Å². The summed E-state index contributed by atoms with van der Waals surface area (Å²) in [6, 6.07) is 0. The van der Waals surface area contributed by atoms with E-state index < -0.39 is 0 Å². The Morgan fingerprint density at radius 2 is 1.50 bits per heavy atom. The highest BCUT2D eigenvalue weighted by molar-refractivity contribution is 5.79. The molecule has 1 saturated carbocycles. The molecule has 0 aliphatic heterocycles. The van der Waals surface area contributed by atoms with E-state index in [0.29, 0.717) is 17.6 Å². The predicted octanol–water partition coefficient (Wildman–Crippen LogP) is 2.26. The van der Waals surface area contributed by atoms with Crippen LogP contribution in [0.3, 0.4) is 0 Å². The third-order valence-corrected chi connectivity index (χ3v) is 2.89. The zero-order valence-corrected chi connectivity index (χ0v) is 7.05. The number of rotatable bonds is 0. The highest BCUT2D eigenvalue weighted by atomic mass is 16.1. The van der Waals surface area contributed by atoms with Gasteiger partial charge in [0.05, 0.1) is 0 Å². The summed E-state index contributed by atoms with van der Waals surface area (Å²) >= 11 is 0. The molecule has 58 valence electrons. The zero-order chi connectivity index (χ0) is 7.72. The lowest BCUT2D eigenvalue weighted by Crippen LogP contribution is -2.27. The fourth-order valence-corrected chi connectivity index (χ4v) is 1.73. The molecular weight excluding hydrogens is 124 g/mol. The average molecular weight is 140 g/mol. The molecule has 1 aliphatic rings. The van der Waals surface area contributed by atoms with Gasteiger partial charge in [0, 0.05) is 12.8 Å². The minimum Gasteiger partial charge on any atom is -0.300 e. The van der Waals surface area contributed by atoms with Crippen molar-refractivity contribution in [3.05, 3.63) is 0 Å². The molecule has 0 bridgehead atoms. The van der Waals surface area contributed by atoms with Gasteiger partial charge in [0.1, 0.15) is 5.78 Å². The molecule has 1 heteroatoms. The topological polar surface area (TPSA) is 17.1 Å². The third kappa shape index (κ3) is 1.39. The lowest BCUT2D eigenvalue weighted by Gasteiger charge is -2.30. The van der Waals surface area contributed by atoms with Crippen LogP contribution >= 0.6 is 0 Å². The normalized spacial score (nSPS) is 36.5. The standard InChI is InChI=1S/C9H16O/c1-6-4-9(10)5-7(2)8(6)3/h6-8H,4-5H2,1-3H3/t6-,7-/m1/s1. The van der Waals surface area contributed by atoms with E-state index in [2.05, 4.69) is 20.8 Å². The van der Waals surface area contributed by atoms with E-state index in [9.17, 15) is 4.79 Å². The Morgan fingerprint density at radius 3 is 1.90 bits per heavy atom. The average Bonchev–Trinajstić information content (AvgIpc) is 1.82. The van der Waals surface area contributed by atoms with E-state index in [1.165, 1.54) is 0 Å². The Balaban J connectivity index is 2.57. The minimum atomic E-state index is 0.457. The Hall–Kier alpha value is -0.330. The second-order valence-corrected chi connectivity index (χ2v) is 3.76. The van der Waals surface area contributed by atoms with Gasteiger partial charge in [-0.25, -0.2) is 0 Å². The van der Waals surface area contributed by atoms with Gasteiger partial charge in [-0.2, -0.15) is 0 Å². The lowest BCUT2D eigenvalue weighted by atomic mass is 9.74. The van der Waals surface area contributed by atoms with Crippen LogP contribution in [0.15, 0.2) is 0 Å². The van der Waals surface area contributed by atoms with Crippen LogP contribution in [0.2, 0.25) is 0 Å². The van der Waals surface area contributed by atoms with Crippen LogP contribution in [0.4, 0.5) is 0 Å². The predicted molar refractivity (Wildman–Crippen MR) is 41.7 cm³/mol. The molecule has 1 aliphatic carbocycles.